The maximum absolute atomic E-state index is 12.6. The quantitative estimate of drug-likeness (QED) is 0.939. The van der Waals surface area contributed by atoms with Gasteiger partial charge >= 0.3 is 0 Å². The summed E-state index contributed by atoms with van der Waals surface area (Å²) in [6, 6.07) is 5.52. The van der Waals surface area contributed by atoms with Gasteiger partial charge in [0.2, 0.25) is 0 Å². The predicted molar refractivity (Wildman–Crippen MR) is 84.3 cm³/mol. The highest BCUT2D eigenvalue weighted by molar-refractivity contribution is 6.06. The van der Waals surface area contributed by atoms with Crippen molar-refractivity contribution in [1.82, 2.24) is 4.98 Å². The summed E-state index contributed by atoms with van der Waals surface area (Å²) >= 11 is 0. The number of anilines is 2. The zero-order valence-electron chi connectivity index (χ0n) is 12.4. The van der Waals surface area contributed by atoms with Crippen LogP contribution < -0.4 is 10.2 Å². The number of hydrogen-bond donors (Lipinski definition) is 1. The molecule has 0 atom stereocenters. The molecule has 0 radical (unpaired) electrons. The minimum atomic E-state index is -0.107. The number of furan rings is 1. The van der Waals surface area contributed by atoms with Gasteiger partial charge in [-0.05, 0) is 43.9 Å². The van der Waals surface area contributed by atoms with Crippen molar-refractivity contribution in [2.75, 3.05) is 23.3 Å². The van der Waals surface area contributed by atoms with Crippen molar-refractivity contribution >= 4 is 17.4 Å². The molecular formula is C17H19N3O2. The van der Waals surface area contributed by atoms with Gasteiger partial charge in [-0.3, -0.25) is 4.79 Å². The molecule has 2 aromatic rings. The Bertz CT molecular complexity index is 685. The van der Waals surface area contributed by atoms with E-state index in [2.05, 4.69) is 15.2 Å². The maximum Gasteiger partial charge on any atom is 0.259 e. The number of nitrogens with one attached hydrogen (secondary N) is 1. The van der Waals surface area contributed by atoms with Crippen LogP contribution in [-0.4, -0.2) is 24.0 Å². The first-order valence-corrected chi connectivity index (χ1v) is 7.91. The average Bonchev–Trinajstić information content (AvgIpc) is 3.05. The number of hydrogen-bond acceptors (Lipinski definition) is 4. The number of nitrogens with zero attached hydrogens (tertiary/aromatic N) is 2. The first-order valence-electron chi connectivity index (χ1n) is 7.91. The van der Waals surface area contributed by atoms with Crippen molar-refractivity contribution in [2.45, 2.75) is 31.6 Å². The minimum absolute atomic E-state index is 0.107. The Morgan fingerprint density at radius 2 is 2.09 bits per heavy atom. The van der Waals surface area contributed by atoms with Gasteiger partial charge in [0, 0.05) is 25.2 Å². The second-order valence-corrected chi connectivity index (χ2v) is 6.00. The SMILES string of the molecule is O=C(Nc1cccnc1N1CCCC1)c1ccoc1C1CC1. The van der Waals surface area contributed by atoms with Gasteiger partial charge in [0.05, 0.1) is 17.5 Å². The number of rotatable bonds is 4. The van der Waals surface area contributed by atoms with Crippen LogP contribution in [0.5, 0.6) is 0 Å². The van der Waals surface area contributed by atoms with E-state index in [1.54, 1.807) is 18.5 Å². The third-order valence-corrected chi connectivity index (χ3v) is 4.33. The molecule has 1 saturated heterocycles. The highest BCUT2D eigenvalue weighted by atomic mass is 16.3. The summed E-state index contributed by atoms with van der Waals surface area (Å²) in [5.74, 6) is 2.00. The molecule has 3 heterocycles. The Morgan fingerprint density at radius 3 is 2.86 bits per heavy atom. The third-order valence-electron chi connectivity index (χ3n) is 4.33. The van der Waals surface area contributed by atoms with Crippen LogP contribution in [0.2, 0.25) is 0 Å². The van der Waals surface area contributed by atoms with E-state index in [0.717, 1.165) is 43.2 Å². The maximum atomic E-state index is 12.6. The molecule has 1 aliphatic carbocycles. The molecule has 1 amide bonds. The van der Waals surface area contributed by atoms with Crippen molar-refractivity contribution in [3.8, 4) is 0 Å². The van der Waals surface area contributed by atoms with Gasteiger partial charge in [-0.1, -0.05) is 0 Å². The van der Waals surface area contributed by atoms with Crippen LogP contribution in [0.4, 0.5) is 11.5 Å². The van der Waals surface area contributed by atoms with E-state index in [9.17, 15) is 4.79 Å². The standard InChI is InChI=1S/C17H19N3O2/c21-17(13-7-11-22-15(13)12-5-6-12)19-14-4-3-8-18-16(14)20-9-1-2-10-20/h3-4,7-8,11-12H,1-2,5-6,9-10H2,(H,19,21). The molecule has 114 valence electrons. The normalized spacial score (nSPS) is 17.7. The van der Waals surface area contributed by atoms with Crippen LogP contribution in [-0.2, 0) is 0 Å². The van der Waals surface area contributed by atoms with Crippen molar-refractivity contribution in [3.05, 3.63) is 42.0 Å². The summed E-state index contributed by atoms with van der Waals surface area (Å²) in [5.41, 5.74) is 1.43. The van der Waals surface area contributed by atoms with Crippen LogP contribution in [0.3, 0.4) is 0 Å². The molecule has 22 heavy (non-hydrogen) atoms. The number of aromatic nitrogens is 1. The molecule has 0 unspecified atom stereocenters. The van der Waals surface area contributed by atoms with Crippen LogP contribution >= 0.6 is 0 Å². The van der Waals surface area contributed by atoms with Gasteiger partial charge in [-0.15, -0.1) is 0 Å². The molecule has 0 aromatic carbocycles. The molecule has 2 fully saturated rings. The summed E-state index contributed by atoms with van der Waals surface area (Å²) in [6.07, 6.45) is 7.96. The van der Waals surface area contributed by atoms with Gasteiger partial charge in [0.1, 0.15) is 5.76 Å². The summed E-state index contributed by atoms with van der Waals surface area (Å²) < 4.78 is 5.49. The number of amides is 1. The lowest BCUT2D eigenvalue weighted by molar-refractivity contribution is 0.102. The Balaban J connectivity index is 1.57. The van der Waals surface area contributed by atoms with Crippen LogP contribution in [0.15, 0.2) is 35.1 Å². The van der Waals surface area contributed by atoms with E-state index < -0.39 is 0 Å². The van der Waals surface area contributed by atoms with Crippen LogP contribution in [0.25, 0.3) is 0 Å². The lowest BCUT2D eigenvalue weighted by atomic mass is 10.1. The number of pyridine rings is 1. The largest absolute Gasteiger partial charge is 0.468 e. The molecule has 5 heteroatoms. The molecule has 1 N–H and O–H groups in total. The summed E-state index contributed by atoms with van der Waals surface area (Å²) in [5, 5.41) is 3.01. The molecule has 1 saturated carbocycles. The predicted octanol–water partition coefficient (Wildman–Crippen LogP) is 3.40. The topological polar surface area (TPSA) is 58.4 Å². The zero-order chi connectivity index (χ0) is 14.9. The Morgan fingerprint density at radius 1 is 1.27 bits per heavy atom. The first-order chi connectivity index (χ1) is 10.8. The molecule has 2 aliphatic rings. The molecule has 5 nitrogen and oxygen atoms in total. The fourth-order valence-electron chi connectivity index (χ4n) is 3.04. The fourth-order valence-corrected chi connectivity index (χ4v) is 3.04. The highest BCUT2D eigenvalue weighted by Crippen LogP contribution is 2.42. The van der Waals surface area contributed by atoms with Gasteiger partial charge < -0.3 is 14.6 Å². The number of carbonyl (C=O) groups is 1. The highest BCUT2D eigenvalue weighted by Gasteiger charge is 2.31. The summed E-state index contributed by atoms with van der Waals surface area (Å²) in [7, 11) is 0. The molecule has 0 bridgehead atoms. The van der Waals surface area contributed by atoms with Crippen molar-refractivity contribution < 1.29 is 9.21 Å². The second-order valence-electron chi connectivity index (χ2n) is 6.00. The molecular weight excluding hydrogens is 278 g/mol. The second kappa shape index (κ2) is 5.48. The number of carbonyl (C=O) groups excluding carboxylic acids is 1. The van der Waals surface area contributed by atoms with Gasteiger partial charge in [-0.2, -0.15) is 0 Å². The smallest absolute Gasteiger partial charge is 0.259 e. The van der Waals surface area contributed by atoms with Crippen molar-refractivity contribution in [2.24, 2.45) is 0 Å². The first kappa shape index (κ1) is 13.4. The Hall–Kier alpha value is -2.30. The molecule has 0 spiro atoms. The van der Waals surface area contributed by atoms with Crippen LogP contribution in [0.1, 0.15) is 47.7 Å². The van der Waals surface area contributed by atoms with E-state index in [1.807, 2.05) is 12.1 Å². The lowest BCUT2D eigenvalue weighted by Crippen LogP contribution is -2.22. The monoisotopic (exact) mass is 297 g/mol. The fraction of sp³-hybridized carbons (Fsp3) is 0.412. The molecule has 1 aliphatic heterocycles. The van der Waals surface area contributed by atoms with E-state index in [0.29, 0.717) is 11.5 Å². The van der Waals surface area contributed by atoms with E-state index in [1.165, 1.54) is 12.8 Å². The Kier molecular flexibility index (Phi) is 3.33. The van der Waals surface area contributed by atoms with Gasteiger partial charge in [-0.25, -0.2) is 4.98 Å². The van der Waals surface area contributed by atoms with Gasteiger partial charge in [0.15, 0.2) is 5.82 Å². The molecule has 4 rings (SSSR count). The van der Waals surface area contributed by atoms with Crippen molar-refractivity contribution in [1.29, 1.82) is 0 Å². The average molecular weight is 297 g/mol. The van der Waals surface area contributed by atoms with E-state index >= 15 is 0 Å². The van der Waals surface area contributed by atoms with Crippen molar-refractivity contribution in [3.63, 3.8) is 0 Å². The summed E-state index contributed by atoms with van der Waals surface area (Å²) in [4.78, 5) is 19.3. The van der Waals surface area contributed by atoms with Crippen LogP contribution in [0, 0.1) is 0 Å². The van der Waals surface area contributed by atoms with E-state index in [-0.39, 0.29) is 5.91 Å². The summed E-state index contributed by atoms with van der Waals surface area (Å²) in [6.45, 7) is 2.00. The third kappa shape index (κ3) is 2.47. The zero-order valence-corrected chi connectivity index (χ0v) is 12.4. The van der Waals surface area contributed by atoms with E-state index in [4.69, 9.17) is 4.42 Å². The van der Waals surface area contributed by atoms with Gasteiger partial charge in [0.25, 0.3) is 5.91 Å². The molecule has 2 aromatic heterocycles. The Labute approximate surface area is 129 Å². The minimum Gasteiger partial charge on any atom is -0.468 e. The lowest BCUT2D eigenvalue weighted by Gasteiger charge is -2.19.